The molecule has 1 saturated carbocycles. The fourth-order valence-corrected chi connectivity index (χ4v) is 3.14. The van der Waals surface area contributed by atoms with Crippen molar-refractivity contribution in [3.05, 3.63) is 0 Å². The van der Waals surface area contributed by atoms with Crippen LogP contribution < -0.4 is 0 Å². The minimum atomic E-state index is -0.0303. The average Bonchev–Trinajstić information content (AvgIpc) is 2.37. The molecule has 0 aromatic rings. The van der Waals surface area contributed by atoms with Crippen molar-refractivity contribution >= 4 is 6.29 Å². The summed E-state index contributed by atoms with van der Waals surface area (Å²) in [5.41, 5.74) is -0.0303. The Kier molecular flexibility index (Phi) is 7.62. The molecule has 0 amide bonds. The van der Waals surface area contributed by atoms with E-state index in [2.05, 4.69) is 13.8 Å². The third-order valence-corrected chi connectivity index (χ3v) is 4.67. The summed E-state index contributed by atoms with van der Waals surface area (Å²) in [5, 5.41) is 0. The van der Waals surface area contributed by atoms with Gasteiger partial charge in [-0.25, -0.2) is 0 Å². The van der Waals surface area contributed by atoms with Crippen LogP contribution in [0.5, 0.6) is 0 Å². The highest BCUT2D eigenvalue weighted by Crippen LogP contribution is 2.30. The molecular weight excluding hydrogens is 220 g/mol. The Morgan fingerprint density at radius 2 is 1.28 bits per heavy atom. The van der Waals surface area contributed by atoms with Crippen molar-refractivity contribution in [1.82, 2.24) is 0 Å². The first-order valence-corrected chi connectivity index (χ1v) is 8.13. The monoisotopic (exact) mass is 252 g/mol. The van der Waals surface area contributed by atoms with E-state index in [1.165, 1.54) is 70.5 Å². The summed E-state index contributed by atoms with van der Waals surface area (Å²) in [4.78, 5) is 11.3. The molecule has 0 aromatic heterocycles. The van der Waals surface area contributed by atoms with Crippen LogP contribution in [-0.4, -0.2) is 6.29 Å². The minimum absolute atomic E-state index is 0.0303. The lowest BCUT2D eigenvalue weighted by Gasteiger charge is -2.23. The van der Waals surface area contributed by atoms with Gasteiger partial charge in [-0.3, -0.25) is 0 Å². The van der Waals surface area contributed by atoms with Crippen molar-refractivity contribution in [2.24, 2.45) is 11.3 Å². The van der Waals surface area contributed by atoms with Crippen LogP contribution >= 0.6 is 0 Å². The van der Waals surface area contributed by atoms with Gasteiger partial charge in [0.05, 0.1) is 0 Å². The zero-order valence-corrected chi connectivity index (χ0v) is 12.5. The Labute approximate surface area is 114 Å². The molecule has 0 radical (unpaired) electrons. The quantitative estimate of drug-likeness (QED) is 0.561. The van der Waals surface area contributed by atoms with Gasteiger partial charge in [0.25, 0.3) is 0 Å². The highest BCUT2D eigenvalue weighted by atomic mass is 16.1. The van der Waals surface area contributed by atoms with Crippen molar-refractivity contribution < 1.29 is 4.79 Å². The van der Waals surface area contributed by atoms with Gasteiger partial charge in [0.15, 0.2) is 0 Å². The van der Waals surface area contributed by atoms with Gasteiger partial charge in [0.2, 0.25) is 0 Å². The Balaban J connectivity index is 2.36. The SMILES string of the molecule is CC1CCCCCCC(C)(C=O)CCCCCC1. The largest absolute Gasteiger partial charge is 0.303 e. The minimum Gasteiger partial charge on any atom is -0.303 e. The van der Waals surface area contributed by atoms with E-state index in [4.69, 9.17) is 0 Å². The molecule has 0 heterocycles. The second-order valence-electron chi connectivity index (χ2n) is 6.78. The van der Waals surface area contributed by atoms with E-state index in [-0.39, 0.29) is 5.41 Å². The van der Waals surface area contributed by atoms with Crippen LogP contribution in [0.25, 0.3) is 0 Å². The molecule has 0 aromatic carbocycles. The van der Waals surface area contributed by atoms with E-state index in [1.54, 1.807) is 0 Å². The van der Waals surface area contributed by atoms with Gasteiger partial charge in [-0.05, 0) is 18.8 Å². The van der Waals surface area contributed by atoms with E-state index >= 15 is 0 Å². The summed E-state index contributed by atoms with van der Waals surface area (Å²) in [6.07, 6.45) is 16.9. The molecule has 1 heteroatoms. The van der Waals surface area contributed by atoms with Crippen LogP contribution in [-0.2, 0) is 4.79 Å². The van der Waals surface area contributed by atoms with Gasteiger partial charge in [-0.1, -0.05) is 78.1 Å². The topological polar surface area (TPSA) is 17.1 Å². The lowest BCUT2D eigenvalue weighted by atomic mass is 9.81. The molecule has 0 spiro atoms. The zero-order valence-electron chi connectivity index (χ0n) is 12.5. The van der Waals surface area contributed by atoms with Crippen molar-refractivity contribution in [2.45, 2.75) is 90.9 Å². The van der Waals surface area contributed by atoms with Crippen LogP contribution in [0.4, 0.5) is 0 Å². The third-order valence-electron chi connectivity index (χ3n) is 4.67. The molecule has 1 rings (SSSR count). The van der Waals surface area contributed by atoms with Gasteiger partial charge in [-0.2, -0.15) is 0 Å². The maximum Gasteiger partial charge on any atom is 0.125 e. The van der Waals surface area contributed by atoms with Crippen molar-refractivity contribution in [3.63, 3.8) is 0 Å². The molecule has 1 nitrogen and oxygen atoms in total. The number of hydrogen-bond donors (Lipinski definition) is 0. The Morgan fingerprint density at radius 3 is 1.72 bits per heavy atom. The number of hydrogen-bond acceptors (Lipinski definition) is 1. The summed E-state index contributed by atoms with van der Waals surface area (Å²) in [7, 11) is 0. The molecular formula is C17H32O. The normalized spacial score (nSPS) is 33.6. The van der Waals surface area contributed by atoms with Crippen LogP contribution in [0.15, 0.2) is 0 Å². The molecule has 106 valence electrons. The lowest BCUT2D eigenvalue weighted by molar-refractivity contribution is -0.116. The second-order valence-corrected chi connectivity index (χ2v) is 6.78. The first kappa shape index (κ1) is 15.7. The van der Waals surface area contributed by atoms with Gasteiger partial charge in [0.1, 0.15) is 6.29 Å². The Morgan fingerprint density at radius 1 is 0.833 bits per heavy atom. The molecule has 0 aliphatic heterocycles. The van der Waals surface area contributed by atoms with E-state index in [0.29, 0.717) is 0 Å². The molecule has 0 atom stereocenters. The molecule has 1 aliphatic rings. The van der Waals surface area contributed by atoms with Gasteiger partial charge in [-0.15, -0.1) is 0 Å². The fourth-order valence-electron chi connectivity index (χ4n) is 3.14. The van der Waals surface area contributed by atoms with Crippen LogP contribution in [0.2, 0.25) is 0 Å². The summed E-state index contributed by atoms with van der Waals surface area (Å²) >= 11 is 0. The summed E-state index contributed by atoms with van der Waals surface area (Å²) < 4.78 is 0. The van der Waals surface area contributed by atoms with E-state index in [1.807, 2.05) is 0 Å². The zero-order chi connectivity index (χ0) is 13.3. The Bertz CT molecular complexity index is 206. The maximum atomic E-state index is 11.3. The molecule has 0 saturated heterocycles. The summed E-state index contributed by atoms with van der Waals surface area (Å²) in [6, 6.07) is 0. The smallest absolute Gasteiger partial charge is 0.125 e. The second kappa shape index (κ2) is 8.72. The maximum absolute atomic E-state index is 11.3. The van der Waals surface area contributed by atoms with Crippen LogP contribution in [0.1, 0.15) is 90.9 Å². The van der Waals surface area contributed by atoms with Gasteiger partial charge < -0.3 is 4.79 Å². The molecule has 0 bridgehead atoms. The van der Waals surface area contributed by atoms with Crippen molar-refractivity contribution in [1.29, 1.82) is 0 Å². The number of carbonyl (C=O) groups excluding carboxylic acids is 1. The predicted octanol–water partition coefficient (Wildman–Crippen LogP) is 5.52. The summed E-state index contributed by atoms with van der Waals surface area (Å²) in [6.45, 7) is 4.57. The molecule has 1 fully saturated rings. The van der Waals surface area contributed by atoms with Gasteiger partial charge >= 0.3 is 0 Å². The summed E-state index contributed by atoms with van der Waals surface area (Å²) in [5.74, 6) is 0.924. The van der Waals surface area contributed by atoms with E-state index in [9.17, 15) is 4.79 Å². The first-order valence-electron chi connectivity index (χ1n) is 8.13. The third kappa shape index (κ3) is 6.56. The molecule has 0 N–H and O–H groups in total. The van der Waals surface area contributed by atoms with Crippen LogP contribution in [0, 0.1) is 11.3 Å². The van der Waals surface area contributed by atoms with Crippen molar-refractivity contribution in [2.75, 3.05) is 0 Å². The fraction of sp³-hybridized carbons (Fsp3) is 0.941. The Hall–Kier alpha value is -0.330. The first-order chi connectivity index (χ1) is 8.66. The van der Waals surface area contributed by atoms with E-state index < -0.39 is 0 Å². The predicted molar refractivity (Wildman–Crippen MR) is 78.7 cm³/mol. The molecule has 1 aliphatic carbocycles. The molecule has 18 heavy (non-hydrogen) atoms. The van der Waals surface area contributed by atoms with Gasteiger partial charge in [0, 0.05) is 5.41 Å². The number of aldehydes is 1. The van der Waals surface area contributed by atoms with E-state index in [0.717, 1.165) is 18.8 Å². The number of carbonyl (C=O) groups is 1. The standard InChI is InChI=1S/C17H32O/c1-16-11-7-3-5-9-13-17(2,15-18)14-10-6-4-8-12-16/h15-16H,3-14H2,1-2H3. The molecule has 0 unspecified atom stereocenters. The lowest BCUT2D eigenvalue weighted by Crippen LogP contribution is -2.18. The number of rotatable bonds is 1. The highest BCUT2D eigenvalue weighted by Gasteiger charge is 2.22. The van der Waals surface area contributed by atoms with Crippen LogP contribution in [0.3, 0.4) is 0 Å². The van der Waals surface area contributed by atoms with Crippen molar-refractivity contribution in [3.8, 4) is 0 Å². The highest BCUT2D eigenvalue weighted by molar-refractivity contribution is 5.58. The average molecular weight is 252 g/mol.